The highest BCUT2D eigenvalue weighted by atomic mass is 35.5. The highest BCUT2D eigenvalue weighted by Gasteiger charge is 2.39. The van der Waals surface area contributed by atoms with Gasteiger partial charge in [0.1, 0.15) is 5.82 Å². The van der Waals surface area contributed by atoms with Crippen LogP contribution in [0.1, 0.15) is 27.6 Å². The molecule has 3 N–H and O–H groups in total. The van der Waals surface area contributed by atoms with Crippen molar-refractivity contribution in [1.82, 2.24) is 30.7 Å². The van der Waals surface area contributed by atoms with Crippen molar-refractivity contribution in [3.8, 4) is 11.4 Å². The van der Waals surface area contributed by atoms with E-state index >= 15 is 0 Å². The Morgan fingerprint density at radius 3 is 2.56 bits per heavy atom. The summed E-state index contributed by atoms with van der Waals surface area (Å²) in [4.78, 5) is 16.4. The molecule has 27 heavy (non-hydrogen) atoms. The smallest absolute Gasteiger partial charge is 0.351 e. The number of rotatable bonds is 5. The molecular weight excluding hydrogens is 385 g/mol. The van der Waals surface area contributed by atoms with Gasteiger partial charge in [-0.2, -0.15) is 23.4 Å². The van der Waals surface area contributed by atoms with Gasteiger partial charge < -0.3 is 5.32 Å². The molecule has 0 aliphatic heterocycles. The van der Waals surface area contributed by atoms with Gasteiger partial charge in [0, 0.05) is 29.2 Å². The second-order valence-electron chi connectivity index (χ2n) is 5.69. The van der Waals surface area contributed by atoms with Crippen LogP contribution in [0.4, 0.5) is 13.2 Å². The summed E-state index contributed by atoms with van der Waals surface area (Å²) in [5.41, 5.74) is -0.941. The van der Waals surface area contributed by atoms with E-state index in [1.807, 2.05) is 0 Å². The zero-order valence-corrected chi connectivity index (χ0v) is 14.7. The molecule has 0 fully saturated rings. The van der Waals surface area contributed by atoms with Gasteiger partial charge in [-0.1, -0.05) is 11.6 Å². The summed E-state index contributed by atoms with van der Waals surface area (Å²) in [6.07, 6.45) is -4.44. The molecule has 7 nitrogen and oxygen atoms in total. The molecule has 0 aliphatic carbocycles. The van der Waals surface area contributed by atoms with Crippen molar-refractivity contribution in [2.45, 2.75) is 19.5 Å². The van der Waals surface area contributed by atoms with Crippen LogP contribution in [0, 0.1) is 6.92 Å². The molecule has 2 heterocycles. The van der Waals surface area contributed by atoms with Crippen LogP contribution in [0.25, 0.3) is 11.4 Å². The van der Waals surface area contributed by atoms with Gasteiger partial charge in [0.15, 0.2) is 11.5 Å². The van der Waals surface area contributed by atoms with Crippen molar-refractivity contribution in [3.05, 3.63) is 52.1 Å². The SMILES string of the molecule is Cc1[nH]nc(C(F)(F)F)c1C(=O)NCCc1nc(-c2ccc(Cl)cc2)n[nH]1. The fraction of sp³-hybridized carbons (Fsp3) is 0.250. The minimum absolute atomic E-state index is 0.0458. The Bertz CT molecular complexity index is 948. The summed E-state index contributed by atoms with van der Waals surface area (Å²) in [6, 6.07) is 6.94. The highest BCUT2D eigenvalue weighted by molar-refractivity contribution is 6.30. The molecule has 0 bridgehead atoms. The van der Waals surface area contributed by atoms with Gasteiger partial charge in [-0.3, -0.25) is 15.0 Å². The predicted molar refractivity (Wildman–Crippen MR) is 91.2 cm³/mol. The number of hydrogen-bond donors (Lipinski definition) is 3. The summed E-state index contributed by atoms with van der Waals surface area (Å²) in [6.45, 7) is 1.43. The lowest BCUT2D eigenvalue weighted by molar-refractivity contribution is -0.141. The van der Waals surface area contributed by atoms with E-state index in [0.29, 0.717) is 16.7 Å². The third-order valence-corrected chi connectivity index (χ3v) is 3.98. The van der Waals surface area contributed by atoms with Gasteiger partial charge in [-0.15, -0.1) is 0 Å². The van der Waals surface area contributed by atoms with Crippen molar-refractivity contribution in [2.24, 2.45) is 0 Å². The molecule has 3 rings (SSSR count). The number of carbonyl (C=O) groups is 1. The lowest BCUT2D eigenvalue weighted by atomic mass is 10.1. The van der Waals surface area contributed by atoms with Gasteiger partial charge in [0.25, 0.3) is 5.91 Å². The number of carbonyl (C=O) groups excluding carboxylic acids is 1. The summed E-state index contributed by atoms with van der Waals surface area (Å²) in [5, 5.41) is 15.2. The molecule has 0 aliphatic rings. The fourth-order valence-corrected chi connectivity index (χ4v) is 2.56. The van der Waals surface area contributed by atoms with Gasteiger partial charge in [0.05, 0.1) is 5.56 Å². The first kappa shape index (κ1) is 18.9. The third-order valence-electron chi connectivity index (χ3n) is 3.72. The number of halogens is 4. The number of aryl methyl sites for hydroxylation is 1. The Balaban J connectivity index is 1.62. The minimum Gasteiger partial charge on any atom is -0.351 e. The van der Waals surface area contributed by atoms with Crippen molar-refractivity contribution >= 4 is 17.5 Å². The standard InChI is InChI=1S/C16H14ClF3N6O/c1-8-12(13(25-23-8)16(18,19)20)15(27)21-7-6-11-22-14(26-24-11)9-2-4-10(17)5-3-9/h2-5H,6-7H2,1H3,(H,21,27)(H,23,25)(H,22,24,26). The lowest BCUT2D eigenvalue weighted by Gasteiger charge is -2.07. The van der Waals surface area contributed by atoms with Crippen LogP contribution in [-0.4, -0.2) is 37.8 Å². The zero-order chi connectivity index (χ0) is 19.6. The van der Waals surface area contributed by atoms with E-state index in [0.717, 1.165) is 5.56 Å². The Labute approximate surface area is 156 Å². The largest absolute Gasteiger partial charge is 0.435 e. The number of nitrogens with zero attached hydrogens (tertiary/aromatic N) is 3. The second kappa shape index (κ2) is 7.39. The quantitative estimate of drug-likeness (QED) is 0.614. The maximum absolute atomic E-state index is 12.9. The van der Waals surface area contributed by atoms with Gasteiger partial charge in [-0.25, -0.2) is 4.98 Å². The Morgan fingerprint density at radius 1 is 1.19 bits per heavy atom. The number of aromatic amines is 2. The van der Waals surface area contributed by atoms with Crippen LogP contribution < -0.4 is 5.32 Å². The molecule has 1 amide bonds. The summed E-state index contributed by atoms with van der Waals surface area (Å²) in [5.74, 6) is 0.0873. The van der Waals surface area contributed by atoms with Crippen LogP contribution >= 0.6 is 11.6 Å². The van der Waals surface area contributed by atoms with Crippen LogP contribution in [0.2, 0.25) is 5.02 Å². The average molecular weight is 399 g/mol. The molecule has 3 aromatic rings. The van der Waals surface area contributed by atoms with Gasteiger partial charge in [0.2, 0.25) is 0 Å². The number of H-pyrrole nitrogens is 2. The van der Waals surface area contributed by atoms with Crippen molar-refractivity contribution < 1.29 is 18.0 Å². The second-order valence-corrected chi connectivity index (χ2v) is 6.12. The maximum Gasteiger partial charge on any atom is 0.435 e. The third kappa shape index (κ3) is 4.27. The van der Waals surface area contributed by atoms with Crippen molar-refractivity contribution in [3.63, 3.8) is 0 Å². The zero-order valence-electron chi connectivity index (χ0n) is 14.0. The van der Waals surface area contributed by atoms with E-state index in [1.165, 1.54) is 6.92 Å². The van der Waals surface area contributed by atoms with Crippen LogP contribution in [-0.2, 0) is 12.6 Å². The highest BCUT2D eigenvalue weighted by Crippen LogP contribution is 2.31. The number of benzene rings is 1. The van der Waals surface area contributed by atoms with Crippen LogP contribution in [0.15, 0.2) is 24.3 Å². The molecule has 0 saturated carbocycles. The molecular formula is C16H14ClF3N6O. The first-order valence-corrected chi connectivity index (χ1v) is 8.21. The Hall–Kier alpha value is -2.88. The molecule has 11 heteroatoms. The first-order chi connectivity index (χ1) is 12.8. The molecule has 0 saturated heterocycles. The minimum atomic E-state index is -4.71. The number of hydrogen-bond acceptors (Lipinski definition) is 4. The number of alkyl halides is 3. The van der Waals surface area contributed by atoms with Crippen molar-refractivity contribution in [2.75, 3.05) is 6.54 Å². The molecule has 0 radical (unpaired) electrons. The Morgan fingerprint density at radius 2 is 1.89 bits per heavy atom. The summed E-state index contributed by atoms with van der Waals surface area (Å²) >= 11 is 5.83. The number of nitrogens with one attached hydrogen (secondary N) is 3. The molecule has 2 aromatic heterocycles. The monoisotopic (exact) mass is 398 g/mol. The number of amides is 1. The molecule has 142 valence electrons. The van der Waals surface area contributed by atoms with Crippen LogP contribution in [0.3, 0.4) is 0 Å². The van der Waals surface area contributed by atoms with Gasteiger partial charge in [-0.05, 0) is 31.2 Å². The van der Waals surface area contributed by atoms with E-state index in [-0.39, 0.29) is 18.7 Å². The number of aromatic nitrogens is 5. The summed E-state index contributed by atoms with van der Waals surface area (Å²) in [7, 11) is 0. The van der Waals surface area contributed by atoms with E-state index in [4.69, 9.17) is 11.6 Å². The van der Waals surface area contributed by atoms with E-state index < -0.39 is 23.3 Å². The molecule has 1 aromatic carbocycles. The van der Waals surface area contributed by atoms with E-state index in [2.05, 4.69) is 30.7 Å². The predicted octanol–water partition coefficient (Wildman–Crippen LogP) is 3.15. The molecule has 0 atom stereocenters. The molecule has 0 unspecified atom stereocenters. The van der Waals surface area contributed by atoms with Gasteiger partial charge >= 0.3 is 6.18 Å². The lowest BCUT2D eigenvalue weighted by Crippen LogP contribution is -2.28. The average Bonchev–Trinajstić information content (AvgIpc) is 3.22. The van der Waals surface area contributed by atoms with E-state index in [1.54, 1.807) is 24.3 Å². The fourth-order valence-electron chi connectivity index (χ4n) is 2.43. The van der Waals surface area contributed by atoms with E-state index in [9.17, 15) is 18.0 Å². The maximum atomic E-state index is 12.9. The topological polar surface area (TPSA) is 99.3 Å². The normalized spacial score (nSPS) is 11.6. The summed E-state index contributed by atoms with van der Waals surface area (Å²) < 4.78 is 38.7. The van der Waals surface area contributed by atoms with Crippen molar-refractivity contribution in [1.29, 1.82) is 0 Å². The van der Waals surface area contributed by atoms with Crippen LogP contribution in [0.5, 0.6) is 0 Å². The first-order valence-electron chi connectivity index (χ1n) is 7.83. The Kier molecular flexibility index (Phi) is 5.17. The molecule has 0 spiro atoms.